The van der Waals surface area contributed by atoms with E-state index in [1.54, 1.807) is 0 Å². The Morgan fingerprint density at radius 3 is 2.88 bits per heavy atom. The Balaban J connectivity index is 1.37. The number of nitrogens with one attached hydrogen (secondary N) is 1. The maximum atomic E-state index is 12.5. The van der Waals surface area contributed by atoms with E-state index in [-0.39, 0.29) is 12.2 Å². The molecule has 2 aromatic rings. The summed E-state index contributed by atoms with van der Waals surface area (Å²) < 4.78 is 10.6. The van der Waals surface area contributed by atoms with Crippen molar-refractivity contribution in [2.45, 2.75) is 50.6 Å². The Morgan fingerprint density at radius 2 is 2.12 bits per heavy atom. The Hall–Kier alpha value is -1.98. The molecule has 2 heterocycles. The van der Waals surface area contributed by atoms with Crippen LogP contribution in [0.15, 0.2) is 34.9 Å². The molecule has 2 fully saturated rings. The van der Waals surface area contributed by atoms with Gasteiger partial charge in [-0.1, -0.05) is 23.4 Å². The van der Waals surface area contributed by atoms with Gasteiger partial charge < -0.3 is 14.6 Å². The van der Waals surface area contributed by atoms with Crippen LogP contribution in [-0.4, -0.2) is 36.2 Å². The second-order valence-corrected chi connectivity index (χ2v) is 7.16. The summed E-state index contributed by atoms with van der Waals surface area (Å²) in [6.07, 6.45) is 3.60. The van der Waals surface area contributed by atoms with Crippen molar-refractivity contribution < 1.29 is 14.1 Å². The van der Waals surface area contributed by atoms with Crippen LogP contribution >= 0.6 is 0 Å². The molecule has 1 aliphatic carbocycles. The van der Waals surface area contributed by atoms with Crippen LogP contribution in [0.2, 0.25) is 0 Å². The lowest BCUT2D eigenvalue weighted by molar-refractivity contribution is 0.0774. The van der Waals surface area contributed by atoms with Crippen molar-refractivity contribution in [3.05, 3.63) is 52.9 Å². The first-order valence-corrected chi connectivity index (χ1v) is 9.08. The van der Waals surface area contributed by atoms with Crippen molar-refractivity contribution in [1.29, 1.82) is 0 Å². The van der Waals surface area contributed by atoms with E-state index in [0.717, 1.165) is 43.7 Å². The molecule has 0 bridgehead atoms. The monoisotopic (exact) mass is 340 g/mol. The predicted octanol–water partition coefficient (Wildman–Crippen LogP) is 3.03. The maximum absolute atomic E-state index is 12.5. The molecule has 2 unspecified atom stereocenters. The summed E-state index contributed by atoms with van der Waals surface area (Å²) >= 11 is 0. The fourth-order valence-corrected chi connectivity index (χ4v) is 3.62. The van der Waals surface area contributed by atoms with Crippen molar-refractivity contribution in [1.82, 2.24) is 10.5 Å². The SMILES string of the molecule is Cc1cc(CC(=O)c2cccc(C3CC3NC3CCOCC3)c2)on1. The lowest BCUT2D eigenvalue weighted by Crippen LogP contribution is -2.36. The van der Waals surface area contributed by atoms with Gasteiger partial charge in [0, 0.05) is 42.8 Å². The number of carbonyl (C=O) groups excluding carboxylic acids is 1. The summed E-state index contributed by atoms with van der Waals surface area (Å²) in [5, 5.41) is 7.58. The third-order valence-electron chi connectivity index (χ3n) is 5.11. The lowest BCUT2D eigenvalue weighted by atomic mass is 10.0. The van der Waals surface area contributed by atoms with E-state index in [2.05, 4.69) is 16.5 Å². The standard InChI is InChI=1S/C20H24N2O3/c1-13-9-17(25-22-13)11-20(23)15-4-2-3-14(10-15)18-12-19(18)21-16-5-7-24-8-6-16/h2-4,9-10,16,18-19,21H,5-8,11-12H2,1H3. The molecular formula is C20H24N2O3. The highest BCUT2D eigenvalue weighted by atomic mass is 16.5. The van der Waals surface area contributed by atoms with Gasteiger partial charge in [0.1, 0.15) is 5.76 Å². The fraction of sp³-hybridized carbons (Fsp3) is 0.500. The minimum absolute atomic E-state index is 0.0765. The first-order valence-electron chi connectivity index (χ1n) is 9.08. The van der Waals surface area contributed by atoms with Gasteiger partial charge in [-0.05, 0) is 37.8 Å². The van der Waals surface area contributed by atoms with E-state index in [4.69, 9.17) is 9.26 Å². The number of ketones is 1. The van der Waals surface area contributed by atoms with Crippen molar-refractivity contribution in [3.63, 3.8) is 0 Å². The number of aryl methyl sites for hydroxylation is 1. The first-order chi connectivity index (χ1) is 12.2. The van der Waals surface area contributed by atoms with Crippen LogP contribution in [0, 0.1) is 6.92 Å². The smallest absolute Gasteiger partial charge is 0.170 e. The number of carbonyl (C=O) groups is 1. The lowest BCUT2D eigenvalue weighted by Gasteiger charge is -2.23. The molecule has 1 saturated carbocycles. The Bertz CT molecular complexity index is 749. The second-order valence-electron chi connectivity index (χ2n) is 7.16. The van der Waals surface area contributed by atoms with E-state index in [1.165, 1.54) is 5.56 Å². The van der Waals surface area contributed by atoms with Gasteiger partial charge in [0.15, 0.2) is 5.78 Å². The van der Waals surface area contributed by atoms with Crippen molar-refractivity contribution in [2.24, 2.45) is 0 Å². The zero-order valence-corrected chi connectivity index (χ0v) is 14.5. The summed E-state index contributed by atoms with van der Waals surface area (Å²) in [6.45, 7) is 3.58. The van der Waals surface area contributed by atoms with Gasteiger partial charge in [-0.25, -0.2) is 0 Å². The highest BCUT2D eigenvalue weighted by Gasteiger charge is 2.39. The number of benzene rings is 1. The number of rotatable bonds is 6. The summed E-state index contributed by atoms with van der Waals surface area (Å²) in [6, 6.07) is 11.0. The number of hydrogen-bond acceptors (Lipinski definition) is 5. The third-order valence-corrected chi connectivity index (χ3v) is 5.11. The van der Waals surface area contributed by atoms with Crippen molar-refractivity contribution >= 4 is 5.78 Å². The molecule has 1 aliphatic heterocycles. The van der Waals surface area contributed by atoms with E-state index in [9.17, 15) is 4.79 Å². The molecule has 1 N–H and O–H groups in total. The molecule has 4 rings (SSSR count). The summed E-state index contributed by atoms with van der Waals surface area (Å²) in [5.74, 6) is 1.22. The van der Waals surface area contributed by atoms with E-state index >= 15 is 0 Å². The van der Waals surface area contributed by atoms with Crippen LogP contribution in [0.1, 0.15) is 52.6 Å². The summed E-state index contributed by atoms with van der Waals surface area (Å²) in [5.41, 5.74) is 2.81. The molecule has 1 saturated heterocycles. The molecule has 0 radical (unpaired) electrons. The number of nitrogens with zero attached hydrogens (tertiary/aromatic N) is 1. The number of Topliss-reactive ketones (excluding diaryl/α,β-unsaturated/α-hetero) is 1. The van der Waals surface area contributed by atoms with E-state index < -0.39 is 0 Å². The minimum atomic E-state index is 0.0765. The van der Waals surface area contributed by atoms with Crippen LogP contribution < -0.4 is 5.32 Å². The highest BCUT2D eigenvalue weighted by Crippen LogP contribution is 2.41. The van der Waals surface area contributed by atoms with Gasteiger partial charge in [0.2, 0.25) is 0 Å². The average Bonchev–Trinajstić information content (AvgIpc) is 3.28. The second kappa shape index (κ2) is 7.10. The van der Waals surface area contributed by atoms with Gasteiger partial charge in [-0.15, -0.1) is 0 Å². The quantitative estimate of drug-likeness (QED) is 0.819. The largest absolute Gasteiger partial charge is 0.381 e. The summed E-state index contributed by atoms with van der Waals surface area (Å²) in [4.78, 5) is 12.5. The van der Waals surface area contributed by atoms with Crippen LogP contribution in [0.4, 0.5) is 0 Å². The zero-order chi connectivity index (χ0) is 17.2. The third kappa shape index (κ3) is 3.99. The molecule has 5 nitrogen and oxygen atoms in total. The fourth-order valence-electron chi connectivity index (χ4n) is 3.62. The molecule has 1 aromatic carbocycles. The normalized spacial score (nSPS) is 23.6. The van der Waals surface area contributed by atoms with Crippen LogP contribution in [-0.2, 0) is 11.2 Å². The van der Waals surface area contributed by atoms with Gasteiger partial charge in [-0.2, -0.15) is 0 Å². The number of aromatic nitrogens is 1. The highest BCUT2D eigenvalue weighted by molar-refractivity contribution is 5.97. The molecule has 2 atom stereocenters. The molecule has 0 spiro atoms. The number of ether oxygens (including phenoxy) is 1. The Kier molecular flexibility index (Phi) is 4.68. The van der Waals surface area contributed by atoms with Crippen LogP contribution in [0.5, 0.6) is 0 Å². The van der Waals surface area contributed by atoms with Crippen molar-refractivity contribution in [3.8, 4) is 0 Å². The first kappa shape index (κ1) is 16.5. The zero-order valence-electron chi connectivity index (χ0n) is 14.5. The molecular weight excluding hydrogens is 316 g/mol. The minimum Gasteiger partial charge on any atom is -0.381 e. The van der Waals surface area contributed by atoms with Gasteiger partial charge in [-0.3, -0.25) is 4.79 Å². The topological polar surface area (TPSA) is 64.4 Å². The molecule has 132 valence electrons. The van der Waals surface area contributed by atoms with Crippen molar-refractivity contribution in [2.75, 3.05) is 13.2 Å². The molecule has 2 aliphatic rings. The molecule has 25 heavy (non-hydrogen) atoms. The van der Waals surface area contributed by atoms with E-state index in [1.807, 2.05) is 31.2 Å². The number of hydrogen-bond donors (Lipinski definition) is 1. The molecule has 1 aromatic heterocycles. The van der Waals surface area contributed by atoms with Crippen LogP contribution in [0.25, 0.3) is 0 Å². The predicted molar refractivity (Wildman–Crippen MR) is 93.8 cm³/mol. The molecule has 0 amide bonds. The van der Waals surface area contributed by atoms with Gasteiger partial charge >= 0.3 is 0 Å². The van der Waals surface area contributed by atoms with Gasteiger partial charge in [0.25, 0.3) is 0 Å². The summed E-state index contributed by atoms with van der Waals surface area (Å²) in [7, 11) is 0. The van der Waals surface area contributed by atoms with E-state index in [0.29, 0.717) is 23.8 Å². The maximum Gasteiger partial charge on any atom is 0.170 e. The van der Waals surface area contributed by atoms with Gasteiger partial charge in [0.05, 0.1) is 12.1 Å². The Labute approximate surface area is 147 Å². The van der Waals surface area contributed by atoms with Crippen LogP contribution in [0.3, 0.4) is 0 Å². The average molecular weight is 340 g/mol. The molecule has 5 heteroatoms. The Morgan fingerprint density at radius 1 is 1.28 bits per heavy atom.